The molecule has 9 nitrogen and oxygen atoms in total. The molecule has 0 saturated carbocycles. The topological polar surface area (TPSA) is 148 Å². The molecule has 0 unspecified atom stereocenters. The molecule has 0 atom stereocenters. The predicted octanol–water partition coefficient (Wildman–Crippen LogP) is 1.000. The molecule has 6 N–H and O–H groups in total. The highest BCUT2D eigenvalue weighted by atomic mass is 16.2. The third kappa shape index (κ3) is 5.90. The van der Waals surface area contributed by atoms with Gasteiger partial charge in [-0.3, -0.25) is 14.6 Å². The first kappa shape index (κ1) is 20.6. The Bertz CT molecular complexity index is 893. The van der Waals surface area contributed by atoms with Crippen molar-refractivity contribution < 1.29 is 9.59 Å². The zero-order valence-electron chi connectivity index (χ0n) is 15.6. The van der Waals surface area contributed by atoms with E-state index in [0.717, 1.165) is 12.0 Å². The fourth-order valence-electron chi connectivity index (χ4n) is 2.23. The van der Waals surface area contributed by atoms with Gasteiger partial charge in [0.2, 0.25) is 0 Å². The van der Waals surface area contributed by atoms with E-state index in [1.165, 1.54) is 24.8 Å². The molecule has 0 aliphatic rings. The van der Waals surface area contributed by atoms with Crippen molar-refractivity contribution in [2.75, 3.05) is 12.3 Å². The minimum absolute atomic E-state index is 0.000966. The zero-order valence-corrected chi connectivity index (χ0v) is 15.6. The quantitative estimate of drug-likeness (QED) is 0.501. The molecule has 2 rings (SSSR count). The highest BCUT2D eigenvalue weighted by molar-refractivity contribution is 6.00. The molecule has 1 aromatic heterocycles. The van der Waals surface area contributed by atoms with Crippen molar-refractivity contribution in [2.24, 2.45) is 10.7 Å². The van der Waals surface area contributed by atoms with E-state index in [0.29, 0.717) is 18.7 Å². The Labute approximate surface area is 163 Å². The van der Waals surface area contributed by atoms with E-state index in [4.69, 9.17) is 11.5 Å². The van der Waals surface area contributed by atoms with E-state index in [1.807, 2.05) is 13.0 Å². The Morgan fingerprint density at radius 1 is 1.21 bits per heavy atom. The fourth-order valence-corrected chi connectivity index (χ4v) is 2.23. The van der Waals surface area contributed by atoms with Crippen LogP contribution in [0.1, 0.15) is 39.8 Å². The summed E-state index contributed by atoms with van der Waals surface area (Å²) < 4.78 is 0. The van der Waals surface area contributed by atoms with Crippen LogP contribution in [0.5, 0.6) is 0 Å². The maximum atomic E-state index is 12.2. The predicted molar refractivity (Wildman–Crippen MR) is 107 cm³/mol. The van der Waals surface area contributed by atoms with E-state index in [2.05, 4.69) is 25.6 Å². The third-order valence-corrected chi connectivity index (χ3v) is 3.61. The van der Waals surface area contributed by atoms with Gasteiger partial charge in [-0.25, -0.2) is 9.97 Å². The highest BCUT2D eigenvalue weighted by Crippen LogP contribution is 2.07. The average molecular weight is 381 g/mol. The van der Waals surface area contributed by atoms with Crippen LogP contribution in [0, 0.1) is 0 Å². The second-order valence-corrected chi connectivity index (χ2v) is 5.79. The van der Waals surface area contributed by atoms with Gasteiger partial charge in [-0.15, -0.1) is 0 Å². The third-order valence-electron chi connectivity index (χ3n) is 3.61. The molecule has 1 aromatic carbocycles. The van der Waals surface area contributed by atoms with Gasteiger partial charge < -0.3 is 22.1 Å². The van der Waals surface area contributed by atoms with Crippen LogP contribution in [0.25, 0.3) is 0 Å². The Hall–Kier alpha value is -3.75. The van der Waals surface area contributed by atoms with Gasteiger partial charge in [0.05, 0.1) is 12.2 Å². The summed E-state index contributed by atoms with van der Waals surface area (Å²) in [6.45, 7) is 2.93. The molecule has 0 saturated heterocycles. The second kappa shape index (κ2) is 10.4. The number of rotatable bonds is 8. The summed E-state index contributed by atoms with van der Waals surface area (Å²) in [5, 5.41) is 5.39. The van der Waals surface area contributed by atoms with Crippen LogP contribution in [-0.2, 0) is 6.54 Å². The zero-order chi connectivity index (χ0) is 20.4. The lowest BCUT2D eigenvalue weighted by molar-refractivity contribution is 0.0949. The summed E-state index contributed by atoms with van der Waals surface area (Å²) in [7, 11) is 0. The largest absolute Gasteiger partial charge is 0.403 e. The van der Waals surface area contributed by atoms with Crippen molar-refractivity contribution in [3.8, 4) is 0 Å². The maximum absolute atomic E-state index is 12.2. The SMILES string of the molecule is CCCNC(=O)c1cccc(CN=CC(=CN)NC(=O)c2nccnc2N)c1. The van der Waals surface area contributed by atoms with Gasteiger partial charge in [0.15, 0.2) is 11.5 Å². The molecule has 0 aliphatic carbocycles. The summed E-state index contributed by atoms with van der Waals surface area (Å²) in [6, 6.07) is 7.17. The summed E-state index contributed by atoms with van der Waals surface area (Å²) in [6.07, 6.45) is 6.27. The van der Waals surface area contributed by atoms with Gasteiger partial charge in [-0.1, -0.05) is 19.1 Å². The minimum atomic E-state index is -0.539. The summed E-state index contributed by atoms with van der Waals surface area (Å²) in [5.41, 5.74) is 12.9. The first-order chi connectivity index (χ1) is 13.5. The number of carbonyl (C=O) groups is 2. The molecule has 2 aromatic rings. The van der Waals surface area contributed by atoms with Gasteiger partial charge in [0.25, 0.3) is 11.8 Å². The van der Waals surface area contributed by atoms with Gasteiger partial charge in [-0.2, -0.15) is 0 Å². The number of hydrogen-bond acceptors (Lipinski definition) is 7. The minimum Gasteiger partial charge on any atom is -0.403 e. The number of anilines is 1. The number of carbonyl (C=O) groups excluding carboxylic acids is 2. The fraction of sp³-hybridized carbons (Fsp3) is 0.211. The lowest BCUT2D eigenvalue weighted by Gasteiger charge is -2.06. The van der Waals surface area contributed by atoms with E-state index < -0.39 is 5.91 Å². The monoisotopic (exact) mass is 381 g/mol. The lowest BCUT2D eigenvalue weighted by Crippen LogP contribution is -2.26. The Kier molecular flexibility index (Phi) is 7.64. The summed E-state index contributed by atoms with van der Waals surface area (Å²) in [4.78, 5) is 36.2. The number of hydrogen-bond donors (Lipinski definition) is 4. The first-order valence-corrected chi connectivity index (χ1v) is 8.71. The van der Waals surface area contributed by atoms with Crippen molar-refractivity contribution in [2.45, 2.75) is 19.9 Å². The normalized spacial score (nSPS) is 11.4. The molecule has 0 bridgehead atoms. The van der Waals surface area contributed by atoms with E-state index in [-0.39, 0.29) is 23.1 Å². The number of aromatic nitrogens is 2. The standard InChI is InChI=1S/C19H23N7O2/c1-2-6-25-18(27)14-5-3-4-13(9-14)11-22-12-15(10-20)26-19(28)16-17(21)24-8-7-23-16/h3-5,7-10,12H,2,6,11,20H2,1H3,(H2,21,24)(H,25,27)(H,26,28). The number of allylic oxidation sites excluding steroid dienone is 1. The molecule has 9 heteroatoms. The first-order valence-electron chi connectivity index (χ1n) is 8.71. The number of amides is 2. The van der Waals surface area contributed by atoms with Crippen LogP contribution in [0.3, 0.4) is 0 Å². The second-order valence-electron chi connectivity index (χ2n) is 5.79. The molecular formula is C19H23N7O2. The van der Waals surface area contributed by atoms with Crippen LogP contribution in [0.2, 0.25) is 0 Å². The van der Waals surface area contributed by atoms with Crippen molar-refractivity contribution >= 4 is 23.8 Å². The smallest absolute Gasteiger partial charge is 0.278 e. The van der Waals surface area contributed by atoms with Crippen molar-refractivity contribution in [3.63, 3.8) is 0 Å². The van der Waals surface area contributed by atoms with Crippen LogP contribution in [-0.4, -0.2) is 34.5 Å². The number of nitrogen functional groups attached to an aromatic ring is 1. The summed E-state index contributed by atoms with van der Waals surface area (Å²) in [5.74, 6) is -0.640. The molecule has 0 radical (unpaired) electrons. The number of nitrogens with two attached hydrogens (primary N) is 2. The number of nitrogens with zero attached hydrogens (tertiary/aromatic N) is 3. The van der Waals surface area contributed by atoms with Gasteiger partial charge in [0, 0.05) is 36.9 Å². The Balaban J connectivity index is 1.98. The summed E-state index contributed by atoms with van der Waals surface area (Å²) >= 11 is 0. The van der Waals surface area contributed by atoms with Crippen LogP contribution >= 0.6 is 0 Å². The van der Waals surface area contributed by atoms with Crippen molar-refractivity contribution in [1.29, 1.82) is 0 Å². The number of benzene rings is 1. The molecule has 1 heterocycles. The average Bonchev–Trinajstić information content (AvgIpc) is 2.71. The highest BCUT2D eigenvalue weighted by Gasteiger charge is 2.12. The van der Waals surface area contributed by atoms with Gasteiger partial charge >= 0.3 is 0 Å². The maximum Gasteiger partial charge on any atom is 0.278 e. The molecule has 146 valence electrons. The van der Waals surface area contributed by atoms with Crippen LogP contribution < -0.4 is 22.1 Å². The molecule has 0 aliphatic heterocycles. The van der Waals surface area contributed by atoms with E-state index >= 15 is 0 Å². The molecular weight excluding hydrogens is 358 g/mol. The van der Waals surface area contributed by atoms with E-state index in [1.54, 1.807) is 18.2 Å². The Morgan fingerprint density at radius 3 is 2.71 bits per heavy atom. The molecule has 28 heavy (non-hydrogen) atoms. The molecule has 2 amide bonds. The van der Waals surface area contributed by atoms with Crippen LogP contribution in [0.4, 0.5) is 5.82 Å². The lowest BCUT2D eigenvalue weighted by atomic mass is 10.1. The molecule has 0 spiro atoms. The van der Waals surface area contributed by atoms with Crippen molar-refractivity contribution in [3.05, 3.63) is 65.4 Å². The number of aliphatic imine (C=N–C) groups is 1. The van der Waals surface area contributed by atoms with Crippen LogP contribution in [0.15, 0.2) is 53.5 Å². The van der Waals surface area contributed by atoms with Gasteiger partial charge in [-0.05, 0) is 24.1 Å². The van der Waals surface area contributed by atoms with Gasteiger partial charge in [0.1, 0.15) is 0 Å². The Morgan fingerprint density at radius 2 is 2.00 bits per heavy atom. The van der Waals surface area contributed by atoms with E-state index in [9.17, 15) is 9.59 Å². The molecule has 0 fully saturated rings. The van der Waals surface area contributed by atoms with Crippen molar-refractivity contribution in [1.82, 2.24) is 20.6 Å². The number of nitrogens with one attached hydrogen (secondary N) is 2.